The summed E-state index contributed by atoms with van der Waals surface area (Å²) in [5.74, 6) is 0.160. The van der Waals surface area contributed by atoms with E-state index in [1.807, 2.05) is 24.0 Å². The van der Waals surface area contributed by atoms with Crippen LogP contribution in [0.25, 0.3) is 0 Å². The third kappa shape index (κ3) is 4.00. The van der Waals surface area contributed by atoms with Gasteiger partial charge in [-0.2, -0.15) is 0 Å². The number of benzene rings is 1. The molecule has 2 aliphatic heterocycles. The van der Waals surface area contributed by atoms with E-state index < -0.39 is 0 Å². The largest absolute Gasteiger partial charge is 0.391 e. The molecule has 1 saturated carbocycles. The fourth-order valence-electron chi connectivity index (χ4n) is 4.68. The van der Waals surface area contributed by atoms with Gasteiger partial charge in [-0.1, -0.05) is 23.2 Å². The van der Waals surface area contributed by atoms with Crippen LogP contribution >= 0.6 is 23.2 Å². The average molecular weight is 426 g/mol. The Morgan fingerprint density at radius 2 is 1.89 bits per heavy atom. The number of carbonyl (C=O) groups is 1. The minimum atomic E-state index is -0.211. The normalized spacial score (nSPS) is 27.5. The Bertz CT molecular complexity index is 740. The Balaban J connectivity index is 1.26. The highest BCUT2D eigenvalue weighted by Gasteiger charge is 2.51. The molecule has 1 aromatic rings. The van der Waals surface area contributed by atoms with Crippen molar-refractivity contribution in [3.63, 3.8) is 0 Å². The lowest BCUT2D eigenvalue weighted by molar-refractivity contribution is -0.134. The van der Waals surface area contributed by atoms with Crippen molar-refractivity contribution in [2.45, 2.75) is 44.8 Å². The van der Waals surface area contributed by atoms with E-state index in [0.29, 0.717) is 10.0 Å². The first kappa shape index (κ1) is 20.3. The second kappa shape index (κ2) is 8.02. The van der Waals surface area contributed by atoms with Crippen molar-refractivity contribution in [1.82, 2.24) is 9.80 Å². The van der Waals surface area contributed by atoms with Gasteiger partial charge < -0.3 is 19.8 Å². The molecule has 154 valence electrons. The summed E-state index contributed by atoms with van der Waals surface area (Å²) >= 11 is 12.2. The van der Waals surface area contributed by atoms with Gasteiger partial charge in [-0.05, 0) is 69.3 Å². The van der Waals surface area contributed by atoms with Crippen LogP contribution in [-0.4, -0.2) is 72.2 Å². The molecule has 2 saturated heterocycles. The van der Waals surface area contributed by atoms with Crippen LogP contribution in [0.4, 0.5) is 5.69 Å². The summed E-state index contributed by atoms with van der Waals surface area (Å²) in [6.45, 7) is 7.04. The van der Waals surface area contributed by atoms with Crippen molar-refractivity contribution in [2.24, 2.45) is 5.41 Å². The topological polar surface area (TPSA) is 47.0 Å². The number of rotatable bonds is 5. The third-order valence-electron chi connectivity index (χ3n) is 6.84. The minimum absolute atomic E-state index is 0.160. The van der Waals surface area contributed by atoms with Gasteiger partial charge in [0.15, 0.2) is 0 Å². The Morgan fingerprint density at radius 1 is 1.11 bits per heavy atom. The van der Waals surface area contributed by atoms with Crippen LogP contribution in [0.15, 0.2) is 18.2 Å². The van der Waals surface area contributed by atoms with Crippen LogP contribution in [0.1, 0.15) is 32.6 Å². The average Bonchev–Trinajstić information content (AvgIpc) is 3.45. The van der Waals surface area contributed by atoms with Crippen molar-refractivity contribution in [3.8, 4) is 0 Å². The number of nitrogens with zero attached hydrogens (tertiary/aromatic N) is 3. The number of anilines is 1. The zero-order valence-corrected chi connectivity index (χ0v) is 17.9. The molecule has 3 aliphatic rings. The van der Waals surface area contributed by atoms with Crippen LogP contribution in [-0.2, 0) is 4.79 Å². The maximum atomic E-state index is 12.9. The molecule has 1 aromatic carbocycles. The van der Waals surface area contributed by atoms with Crippen molar-refractivity contribution >= 4 is 34.8 Å². The molecule has 2 unspecified atom stereocenters. The molecule has 0 aromatic heterocycles. The van der Waals surface area contributed by atoms with E-state index >= 15 is 0 Å². The van der Waals surface area contributed by atoms with E-state index in [1.165, 1.54) is 12.8 Å². The summed E-state index contributed by atoms with van der Waals surface area (Å²) in [7, 11) is 0. The van der Waals surface area contributed by atoms with Crippen molar-refractivity contribution in [2.75, 3.05) is 44.2 Å². The molecule has 1 aliphatic carbocycles. The first-order valence-corrected chi connectivity index (χ1v) is 11.1. The van der Waals surface area contributed by atoms with Gasteiger partial charge in [-0.25, -0.2) is 0 Å². The predicted molar refractivity (Wildman–Crippen MR) is 113 cm³/mol. The van der Waals surface area contributed by atoms with E-state index in [9.17, 15) is 9.90 Å². The molecule has 1 amide bonds. The van der Waals surface area contributed by atoms with Gasteiger partial charge >= 0.3 is 0 Å². The number of carbonyl (C=O) groups excluding carboxylic acids is 1. The number of amides is 1. The summed E-state index contributed by atoms with van der Waals surface area (Å²) in [5, 5.41) is 11.4. The van der Waals surface area contributed by atoms with Crippen LogP contribution < -0.4 is 4.90 Å². The highest BCUT2D eigenvalue weighted by atomic mass is 35.5. The second-order valence-electron chi connectivity index (χ2n) is 8.58. The number of β-amino-alcohol motifs (C(OH)–C–C–N with tert-alkyl or cyclic N) is 1. The predicted octanol–water partition coefficient (Wildman–Crippen LogP) is 3.27. The Kier molecular flexibility index (Phi) is 5.81. The molecule has 1 spiro atoms. The quantitative estimate of drug-likeness (QED) is 0.785. The molecule has 28 heavy (non-hydrogen) atoms. The van der Waals surface area contributed by atoms with E-state index in [-0.39, 0.29) is 23.5 Å². The van der Waals surface area contributed by atoms with E-state index in [2.05, 4.69) is 9.80 Å². The number of hydrogen-bond acceptors (Lipinski definition) is 4. The Hall–Kier alpha value is -1.01. The summed E-state index contributed by atoms with van der Waals surface area (Å²) in [6, 6.07) is 5.32. The lowest BCUT2D eigenvalue weighted by Crippen LogP contribution is -2.56. The standard InChI is InChI=1S/C21H29Cl2N3O2/c1-15-20(28)25(11-12-26(15)16-3-4-17(22)18(23)13-16)9-2-8-24-10-7-21(5-6-21)19(27)14-24/h3-4,13,15,19,27H,2,5-12,14H2,1H3. The maximum absolute atomic E-state index is 12.9. The lowest BCUT2D eigenvalue weighted by atomic mass is 9.90. The minimum Gasteiger partial charge on any atom is -0.391 e. The smallest absolute Gasteiger partial charge is 0.245 e. The Morgan fingerprint density at radius 3 is 2.57 bits per heavy atom. The Labute approximate surface area is 177 Å². The fourth-order valence-corrected chi connectivity index (χ4v) is 4.97. The number of piperazine rings is 1. The van der Waals surface area contributed by atoms with E-state index in [0.717, 1.165) is 57.8 Å². The molecule has 0 bridgehead atoms. The highest BCUT2D eigenvalue weighted by molar-refractivity contribution is 6.42. The number of likely N-dealkylation sites (tertiary alicyclic amines) is 1. The lowest BCUT2D eigenvalue weighted by Gasteiger charge is -2.41. The van der Waals surface area contributed by atoms with Gasteiger partial charge in [-0.15, -0.1) is 0 Å². The van der Waals surface area contributed by atoms with Gasteiger partial charge in [0.05, 0.1) is 16.1 Å². The van der Waals surface area contributed by atoms with Crippen LogP contribution in [0, 0.1) is 5.41 Å². The number of hydrogen-bond donors (Lipinski definition) is 1. The SMILES string of the molecule is CC1C(=O)N(CCCN2CCC3(CC3)C(O)C2)CCN1c1ccc(Cl)c(Cl)c1. The molecule has 0 radical (unpaired) electrons. The highest BCUT2D eigenvalue weighted by Crippen LogP contribution is 2.53. The fraction of sp³-hybridized carbons (Fsp3) is 0.667. The first-order chi connectivity index (χ1) is 13.4. The number of aliphatic hydroxyl groups excluding tert-OH is 1. The number of halogens is 2. The van der Waals surface area contributed by atoms with Crippen LogP contribution in [0.5, 0.6) is 0 Å². The monoisotopic (exact) mass is 425 g/mol. The summed E-state index contributed by atoms with van der Waals surface area (Å²) in [6.07, 6.45) is 4.28. The van der Waals surface area contributed by atoms with Crippen molar-refractivity contribution in [1.29, 1.82) is 0 Å². The van der Waals surface area contributed by atoms with Gasteiger partial charge in [-0.3, -0.25) is 4.79 Å². The zero-order valence-electron chi connectivity index (χ0n) is 16.4. The molecular weight excluding hydrogens is 397 g/mol. The van der Waals surface area contributed by atoms with E-state index in [1.54, 1.807) is 6.07 Å². The van der Waals surface area contributed by atoms with Crippen LogP contribution in [0.3, 0.4) is 0 Å². The molecule has 2 heterocycles. The second-order valence-corrected chi connectivity index (χ2v) is 9.39. The zero-order chi connectivity index (χ0) is 19.9. The summed E-state index contributed by atoms with van der Waals surface area (Å²) < 4.78 is 0. The third-order valence-corrected chi connectivity index (χ3v) is 7.58. The molecule has 1 N–H and O–H groups in total. The first-order valence-electron chi connectivity index (χ1n) is 10.3. The van der Waals surface area contributed by atoms with Gasteiger partial charge in [0.25, 0.3) is 0 Å². The van der Waals surface area contributed by atoms with Gasteiger partial charge in [0.2, 0.25) is 5.91 Å². The maximum Gasteiger partial charge on any atom is 0.245 e. The van der Waals surface area contributed by atoms with Crippen molar-refractivity contribution < 1.29 is 9.90 Å². The molecular formula is C21H29Cl2N3O2. The summed E-state index contributed by atoms with van der Waals surface area (Å²) in [4.78, 5) is 19.3. The number of piperidine rings is 1. The van der Waals surface area contributed by atoms with E-state index in [4.69, 9.17) is 23.2 Å². The summed E-state index contributed by atoms with van der Waals surface area (Å²) in [5.41, 5.74) is 1.19. The molecule has 7 heteroatoms. The molecule has 5 nitrogen and oxygen atoms in total. The molecule has 2 atom stereocenters. The van der Waals surface area contributed by atoms with Crippen LogP contribution in [0.2, 0.25) is 10.0 Å². The van der Waals surface area contributed by atoms with Crippen molar-refractivity contribution in [3.05, 3.63) is 28.2 Å². The molecule has 3 fully saturated rings. The van der Waals surface area contributed by atoms with Gasteiger partial charge in [0.1, 0.15) is 6.04 Å². The van der Waals surface area contributed by atoms with Gasteiger partial charge in [0, 0.05) is 31.9 Å². The number of aliphatic hydroxyl groups is 1. The molecule has 4 rings (SSSR count).